The van der Waals surface area contributed by atoms with Gasteiger partial charge < -0.3 is 19.9 Å². The molecule has 0 spiro atoms. The molecular formula is C16H23N3O3. The van der Waals surface area contributed by atoms with Crippen molar-refractivity contribution in [2.75, 3.05) is 19.7 Å². The third-order valence-corrected chi connectivity index (χ3v) is 4.94. The Hall–Kier alpha value is -1.05. The Kier molecular flexibility index (Phi) is 4.11. The molecule has 1 aromatic heterocycles. The minimum atomic E-state index is -0.479. The van der Waals surface area contributed by atoms with E-state index in [1.807, 2.05) is 18.2 Å². The Balaban J connectivity index is 1.46. The molecule has 4 heterocycles. The second-order valence-corrected chi connectivity index (χ2v) is 6.33. The molecule has 3 saturated heterocycles. The molecule has 3 fully saturated rings. The van der Waals surface area contributed by atoms with Gasteiger partial charge in [-0.3, -0.25) is 9.88 Å². The molecule has 0 aromatic carbocycles. The second kappa shape index (κ2) is 6.22. The summed E-state index contributed by atoms with van der Waals surface area (Å²) in [5.41, 5.74) is 0.966. The fourth-order valence-electron chi connectivity index (χ4n) is 3.81. The van der Waals surface area contributed by atoms with E-state index in [1.165, 1.54) is 12.8 Å². The molecule has 2 bridgehead atoms. The van der Waals surface area contributed by atoms with Gasteiger partial charge in [-0.25, -0.2) is 0 Å². The van der Waals surface area contributed by atoms with Crippen LogP contribution in [-0.2, 0) is 16.0 Å². The van der Waals surface area contributed by atoms with Gasteiger partial charge in [0.2, 0.25) is 0 Å². The minimum absolute atomic E-state index is 0.0671. The Morgan fingerprint density at radius 1 is 1.32 bits per heavy atom. The van der Waals surface area contributed by atoms with Crippen LogP contribution in [0.3, 0.4) is 0 Å². The fraction of sp³-hybridized carbons (Fsp3) is 0.688. The molecule has 5 unspecified atom stereocenters. The summed E-state index contributed by atoms with van der Waals surface area (Å²) in [6, 6.07) is 5.67. The summed E-state index contributed by atoms with van der Waals surface area (Å²) in [7, 11) is 0. The van der Waals surface area contributed by atoms with Gasteiger partial charge in [0.15, 0.2) is 6.29 Å². The Morgan fingerprint density at radius 2 is 2.18 bits per heavy atom. The van der Waals surface area contributed by atoms with E-state index in [0.29, 0.717) is 13.2 Å². The monoisotopic (exact) mass is 305 g/mol. The van der Waals surface area contributed by atoms with Crippen LogP contribution in [0.2, 0.25) is 0 Å². The van der Waals surface area contributed by atoms with Crippen molar-refractivity contribution in [1.82, 2.24) is 15.2 Å². The minimum Gasteiger partial charge on any atom is -0.390 e. The van der Waals surface area contributed by atoms with Gasteiger partial charge in [0.05, 0.1) is 30.5 Å². The highest BCUT2D eigenvalue weighted by Gasteiger charge is 2.52. The third-order valence-electron chi connectivity index (χ3n) is 4.94. The van der Waals surface area contributed by atoms with Crippen molar-refractivity contribution >= 4 is 0 Å². The highest BCUT2D eigenvalue weighted by Crippen LogP contribution is 2.32. The Morgan fingerprint density at radius 3 is 2.95 bits per heavy atom. The summed E-state index contributed by atoms with van der Waals surface area (Å²) in [5, 5.41) is 14.3. The largest absolute Gasteiger partial charge is 0.390 e. The van der Waals surface area contributed by atoms with Crippen molar-refractivity contribution in [2.45, 2.75) is 50.0 Å². The van der Waals surface area contributed by atoms with Gasteiger partial charge in [-0.2, -0.15) is 0 Å². The Bertz CT molecular complexity index is 493. The topological polar surface area (TPSA) is 66.8 Å². The zero-order valence-corrected chi connectivity index (χ0v) is 12.6. The quantitative estimate of drug-likeness (QED) is 0.824. The molecule has 0 amide bonds. The number of nitrogens with one attached hydrogen (secondary N) is 1. The molecule has 3 aliphatic rings. The van der Waals surface area contributed by atoms with Gasteiger partial charge in [-0.05, 0) is 38.1 Å². The van der Waals surface area contributed by atoms with Gasteiger partial charge in [0.25, 0.3) is 0 Å². The maximum Gasteiger partial charge on any atom is 0.176 e. The van der Waals surface area contributed by atoms with Crippen LogP contribution in [0.25, 0.3) is 0 Å². The number of hydrogen-bond acceptors (Lipinski definition) is 6. The molecule has 0 saturated carbocycles. The van der Waals surface area contributed by atoms with E-state index < -0.39 is 6.10 Å². The van der Waals surface area contributed by atoms with Crippen LogP contribution < -0.4 is 5.32 Å². The first kappa shape index (κ1) is 14.5. The fourth-order valence-corrected chi connectivity index (χ4v) is 3.81. The van der Waals surface area contributed by atoms with Crippen molar-refractivity contribution in [3.05, 3.63) is 30.1 Å². The van der Waals surface area contributed by atoms with E-state index in [-0.39, 0.29) is 24.5 Å². The first-order chi connectivity index (χ1) is 10.8. The standard InChI is InChI=1S/C16H23N3O3/c20-15-13(18-9-11-5-1-2-6-17-11)12-10-21-16(22-12)14(15)19-7-3-4-8-19/h1-2,5-6,12-16,18,20H,3-4,7-10H2. The number of pyridine rings is 1. The molecule has 22 heavy (non-hydrogen) atoms. The van der Waals surface area contributed by atoms with Gasteiger partial charge in [-0.15, -0.1) is 0 Å². The van der Waals surface area contributed by atoms with Gasteiger partial charge in [-0.1, -0.05) is 6.07 Å². The summed E-state index contributed by atoms with van der Waals surface area (Å²) in [6.07, 6.45) is 3.31. The second-order valence-electron chi connectivity index (χ2n) is 6.33. The van der Waals surface area contributed by atoms with Crippen molar-refractivity contribution < 1.29 is 14.6 Å². The Labute approximate surface area is 130 Å². The number of aliphatic hydroxyl groups is 1. The molecule has 0 radical (unpaired) electrons. The predicted octanol–water partition coefficient (Wildman–Crippen LogP) is 0.120. The average molecular weight is 305 g/mol. The zero-order valence-electron chi connectivity index (χ0n) is 12.6. The maximum atomic E-state index is 10.9. The number of aromatic nitrogens is 1. The summed E-state index contributed by atoms with van der Waals surface area (Å²) >= 11 is 0. The van der Waals surface area contributed by atoms with Crippen LogP contribution in [0.15, 0.2) is 24.4 Å². The van der Waals surface area contributed by atoms with E-state index in [4.69, 9.17) is 9.47 Å². The molecule has 120 valence electrons. The molecule has 6 heteroatoms. The maximum absolute atomic E-state index is 10.9. The number of hydrogen-bond donors (Lipinski definition) is 2. The summed E-state index contributed by atoms with van der Waals surface area (Å²) in [5.74, 6) is 0. The highest BCUT2D eigenvalue weighted by atomic mass is 16.7. The summed E-state index contributed by atoms with van der Waals surface area (Å²) in [4.78, 5) is 6.63. The van der Waals surface area contributed by atoms with E-state index >= 15 is 0 Å². The van der Waals surface area contributed by atoms with E-state index in [9.17, 15) is 5.11 Å². The first-order valence-electron chi connectivity index (χ1n) is 8.15. The normalized spacial score (nSPS) is 38.5. The van der Waals surface area contributed by atoms with Crippen molar-refractivity contribution in [2.24, 2.45) is 0 Å². The van der Waals surface area contributed by atoms with Crippen LogP contribution in [0.4, 0.5) is 0 Å². The van der Waals surface area contributed by atoms with Gasteiger partial charge in [0, 0.05) is 12.7 Å². The average Bonchev–Trinajstić information content (AvgIpc) is 3.20. The molecule has 5 atom stereocenters. The van der Waals surface area contributed by atoms with Crippen molar-refractivity contribution in [3.63, 3.8) is 0 Å². The lowest BCUT2D eigenvalue weighted by atomic mass is 9.95. The van der Waals surface area contributed by atoms with Gasteiger partial charge in [0.1, 0.15) is 6.10 Å². The van der Waals surface area contributed by atoms with Crippen LogP contribution in [0.1, 0.15) is 18.5 Å². The van der Waals surface area contributed by atoms with E-state index in [2.05, 4.69) is 15.2 Å². The molecule has 2 N–H and O–H groups in total. The third kappa shape index (κ3) is 2.66. The lowest BCUT2D eigenvalue weighted by Crippen LogP contribution is -2.63. The number of rotatable bonds is 4. The van der Waals surface area contributed by atoms with Gasteiger partial charge >= 0.3 is 0 Å². The molecule has 6 nitrogen and oxygen atoms in total. The predicted molar refractivity (Wildman–Crippen MR) is 80.1 cm³/mol. The van der Waals surface area contributed by atoms with Crippen LogP contribution in [-0.4, -0.2) is 65.3 Å². The highest BCUT2D eigenvalue weighted by molar-refractivity contribution is 5.06. The molecule has 1 aromatic rings. The first-order valence-corrected chi connectivity index (χ1v) is 8.15. The van der Waals surface area contributed by atoms with Crippen LogP contribution >= 0.6 is 0 Å². The number of aliphatic hydroxyl groups excluding tert-OH is 1. The van der Waals surface area contributed by atoms with Crippen molar-refractivity contribution in [3.8, 4) is 0 Å². The molecule has 3 aliphatic heterocycles. The molecular weight excluding hydrogens is 282 g/mol. The van der Waals surface area contributed by atoms with E-state index in [1.54, 1.807) is 6.20 Å². The number of likely N-dealkylation sites (tertiary alicyclic amines) is 1. The smallest absolute Gasteiger partial charge is 0.176 e. The number of fused-ring (bicyclic) bond motifs is 2. The lowest BCUT2D eigenvalue weighted by Gasteiger charge is -2.42. The summed E-state index contributed by atoms with van der Waals surface area (Å²) < 4.78 is 11.8. The zero-order chi connectivity index (χ0) is 14.9. The number of nitrogens with zero attached hydrogens (tertiary/aromatic N) is 2. The summed E-state index contributed by atoms with van der Waals surface area (Å²) in [6.45, 7) is 3.21. The lowest BCUT2D eigenvalue weighted by molar-refractivity contribution is -0.179. The van der Waals surface area contributed by atoms with Crippen molar-refractivity contribution in [1.29, 1.82) is 0 Å². The SMILES string of the molecule is OC1C(NCc2ccccn2)C2COC(O2)C1N1CCCC1. The number of ether oxygens (including phenoxy) is 2. The molecule has 4 rings (SSSR count). The van der Waals surface area contributed by atoms with Crippen LogP contribution in [0.5, 0.6) is 0 Å². The van der Waals surface area contributed by atoms with E-state index in [0.717, 1.165) is 18.8 Å². The molecule has 0 aliphatic carbocycles. The van der Waals surface area contributed by atoms with Crippen LogP contribution in [0, 0.1) is 0 Å².